The van der Waals surface area contributed by atoms with Crippen molar-refractivity contribution >= 4 is 15.9 Å². The van der Waals surface area contributed by atoms with Crippen LogP contribution in [0.2, 0.25) is 0 Å². The molecule has 0 aromatic rings. The molecule has 2 unspecified atom stereocenters. The average Bonchev–Trinajstić information content (AvgIpc) is 2.57. The molecule has 2 atom stereocenters. The first-order chi connectivity index (χ1) is 6.41. The van der Waals surface area contributed by atoms with E-state index in [1.807, 2.05) is 0 Å². The molecule has 1 amide bonds. The van der Waals surface area contributed by atoms with Gasteiger partial charge in [0.25, 0.3) is 0 Å². The van der Waals surface area contributed by atoms with Crippen LogP contribution in [0, 0.1) is 5.92 Å². The summed E-state index contributed by atoms with van der Waals surface area (Å²) in [5, 5.41) is 2.56. The van der Waals surface area contributed by atoms with Crippen molar-refractivity contribution < 1.29 is 17.9 Å². The minimum absolute atomic E-state index is 0.0635. The van der Waals surface area contributed by atoms with Crippen LogP contribution in [-0.4, -0.2) is 38.2 Å². The third-order valence-electron chi connectivity index (χ3n) is 3.01. The quantitative estimate of drug-likeness (QED) is 0.669. The third-order valence-corrected chi connectivity index (χ3v) is 4.77. The first-order valence-corrected chi connectivity index (χ1v) is 6.41. The van der Waals surface area contributed by atoms with Crippen LogP contribution in [-0.2, 0) is 14.6 Å². The highest BCUT2D eigenvalue weighted by Crippen LogP contribution is 2.33. The van der Waals surface area contributed by atoms with Crippen LogP contribution < -0.4 is 5.32 Å². The molecule has 2 aliphatic heterocycles. The maximum absolute atomic E-state index is 11.3. The average molecular weight is 219 g/mol. The lowest BCUT2D eigenvalue weighted by atomic mass is 9.89. The van der Waals surface area contributed by atoms with Gasteiger partial charge in [0, 0.05) is 5.92 Å². The van der Waals surface area contributed by atoms with Crippen LogP contribution in [0.1, 0.15) is 13.3 Å². The van der Waals surface area contributed by atoms with Gasteiger partial charge in [-0.2, -0.15) is 0 Å². The Morgan fingerprint density at radius 1 is 1.57 bits per heavy atom. The summed E-state index contributed by atoms with van der Waals surface area (Å²) in [6.07, 6.45) is 0.144. The van der Waals surface area contributed by atoms with Crippen LogP contribution in [0.25, 0.3) is 0 Å². The van der Waals surface area contributed by atoms with E-state index in [4.69, 9.17) is 4.74 Å². The van der Waals surface area contributed by atoms with Gasteiger partial charge < -0.3 is 10.1 Å². The number of carbonyl (C=O) groups excluding carboxylic acids is 1. The fraction of sp³-hybridized carbons (Fsp3) is 0.875. The maximum atomic E-state index is 11.3. The molecule has 2 rings (SSSR count). The zero-order valence-electron chi connectivity index (χ0n) is 7.95. The molecule has 0 spiro atoms. The zero-order valence-corrected chi connectivity index (χ0v) is 8.76. The summed E-state index contributed by atoms with van der Waals surface area (Å²) >= 11 is 0. The van der Waals surface area contributed by atoms with Crippen molar-refractivity contribution in [1.82, 2.24) is 5.32 Å². The van der Waals surface area contributed by atoms with Crippen molar-refractivity contribution in [2.45, 2.75) is 18.9 Å². The van der Waals surface area contributed by atoms with Crippen molar-refractivity contribution in [3.05, 3.63) is 0 Å². The largest absolute Gasteiger partial charge is 0.441 e. The van der Waals surface area contributed by atoms with Crippen molar-refractivity contribution in [1.29, 1.82) is 0 Å². The fourth-order valence-electron chi connectivity index (χ4n) is 2.04. The number of sulfone groups is 1. The molecule has 6 heteroatoms. The molecule has 0 bridgehead atoms. The predicted octanol–water partition coefficient (Wildman–Crippen LogP) is -0.0804. The lowest BCUT2D eigenvalue weighted by molar-refractivity contribution is 0.0307. The Balaban J connectivity index is 2.13. The number of nitrogens with one attached hydrogen (secondary N) is 1. The van der Waals surface area contributed by atoms with Gasteiger partial charge in [-0.15, -0.1) is 0 Å². The highest BCUT2D eigenvalue weighted by Gasteiger charge is 2.47. The Morgan fingerprint density at radius 2 is 2.29 bits per heavy atom. The van der Waals surface area contributed by atoms with E-state index in [-0.39, 0.29) is 17.4 Å². The van der Waals surface area contributed by atoms with Gasteiger partial charge in [0.05, 0.1) is 18.1 Å². The minimum Gasteiger partial charge on any atom is -0.441 e. The van der Waals surface area contributed by atoms with Gasteiger partial charge >= 0.3 is 6.09 Å². The van der Waals surface area contributed by atoms with Crippen molar-refractivity contribution in [2.75, 3.05) is 18.1 Å². The number of hydrogen-bond acceptors (Lipinski definition) is 4. The molecule has 0 aromatic heterocycles. The van der Waals surface area contributed by atoms with E-state index in [1.54, 1.807) is 6.92 Å². The molecule has 2 saturated heterocycles. The van der Waals surface area contributed by atoms with E-state index in [0.29, 0.717) is 13.0 Å². The second-order valence-corrected chi connectivity index (χ2v) is 6.38. The van der Waals surface area contributed by atoms with Gasteiger partial charge in [0.1, 0.15) is 5.60 Å². The van der Waals surface area contributed by atoms with Gasteiger partial charge in [0.2, 0.25) is 0 Å². The van der Waals surface area contributed by atoms with Gasteiger partial charge in [-0.3, -0.25) is 0 Å². The highest BCUT2D eigenvalue weighted by atomic mass is 32.2. The number of carbonyl (C=O) groups is 1. The van der Waals surface area contributed by atoms with E-state index in [0.717, 1.165) is 0 Å². The van der Waals surface area contributed by atoms with Crippen LogP contribution in [0.3, 0.4) is 0 Å². The number of cyclic esters (lactones) is 1. The van der Waals surface area contributed by atoms with E-state index in [2.05, 4.69) is 5.32 Å². The van der Waals surface area contributed by atoms with E-state index in [9.17, 15) is 13.2 Å². The summed E-state index contributed by atoms with van der Waals surface area (Å²) < 4.78 is 27.6. The first kappa shape index (κ1) is 9.76. The molecule has 14 heavy (non-hydrogen) atoms. The molecule has 0 saturated carbocycles. The summed E-state index contributed by atoms with van der Waals surface area (Å²) in [7, 11) is -2.91. The van der Waals surface area contributed by atoms with Crippen molar-refractivity contribution in [2.24, 2.45) is 5.92 Å². The van der Waals surface area contributed by atoms with Gasteiger partial charge in [-0.1, -0.05) is 0 Å². The lowest BCUT2D eigenvalue weighted by Crippen LogP contribution is -2.39. The SMILES string of the molecule is CC1(C2CCS(=O)(=O)C2)CNC(=O)O1. The maximum Gasteiger partial charge on any atom is 0.407 e. The highest BCUT2D eigenvalue weighted by molar-refractivity contribution is 7.91. The lowest BCUT2D eigenvalue weighted by Gasteiger charge is -2.26. The van der Waals surface area contributed by atoms with E-state index < -0.39 is 21.5 Å². The van der Waals surface area contributed by atoms with Gasteiger partial charge in [0.15, 0.2) is 9.84 Å². The third kappa shape index (κ3) is 1.58. The number of alkyl carbamates (subject to hydrolysis) is 1. The molecule has 0 radical (unpaired) electrons. The smallest absolute Gasteiger partial charge is 0.407 e. The molecule has 2 fully saturated rings. The Kier molecular flexibility index (Phi) is 1.99. The normalized spacial score (nSPS) is 40.6. The minimum atomic E-state index is -2.91. The molecular weight excluding hydrogens is 206 g/mol. The van der Waals surface area contributed by atoms with Crippen LogP contribution in [0.5, 0.6) is 0 Å². The fourth-order valence-corrected chi connectivity index (χ4v) is 3.98. The van der Waals surface area contributed by atoms with Crippen molar-refractivity contribution in [3.8, 4) is 0 Å². The zero-order chi connectivity index (χ0) is 10.4. The molecular formula is C8H13NO4S. The summed E-state index contributed by atoms with van der Waals surface area (Å²) in [6, 6.07) is 0. The molecule has 0 aliphatic carbocycles. The molecule has 2 heterocycles. The topological polar surface area (TPSA) is 72.5 Å². The molecule has 80 valence electrons. The standard InChI is InChI=1S/C8H13NO4S/c1-8(5-9-7(10)13-8)6-2-3-14(11,12)4-6/h6H,2-5H2,1H3,(H,9,10). The Labute approximate surface area is 82.7 Å². The van der Waals surface area contributed by atoms with Gasteiger partial charge in [-0.25, -0.2) is 13.2 Å². The summed E-state index contributed by atoms with van der Waals surface area (Å²) in [6.45, 7) is 2.20. The van der Waals surface area contributed by atoms with Crippen molar-refractivity contribution in [3.63, 3.8) is 0 Å². The van der Waals surface area contributed by atoms with Crippen LogP contribution in [0.4, 0.5) is 4.79 Å². The number of ether oxygens (including phenoxy) is 1. The Morgan fingerprint density at radius 3 is 2.71 bits per heavy atom. The van der Waals surface area contributed by atoms with Crippen LogP contribution >= 0.6 is 0 Å². The molecule has 2 aliphatic rings. The Hall–Kier alpha value is -0.780. The number of amides is 1. The molecule has 0 aromatic carbocycles. The Bertz CT molecular complexity index is 364. The monoisotopic (exact) mass is 219 g/mol. The van der Waals surface area contributed by atoms with Crippen LogP contribution in [0.15, 0.2) is 0 Å². The number of rotatable bonds is 1. The predicted molar refractivity (Wildman–Crippen MR) is 49.6 cm³/mol. The summed E-state index contributed by atoms with van der Waals surface area (Å²) in [4.78, 5) is 10.9. The first-order valence-electron chi connectivity index (χ1n) is 4.59. The number of hydrogen-bond donors (Lipinski definition) is 1. The van der Waals surface area contributed by atoms with Gasteiger partial charge in [-0.05, 0) is 13.3 Å². The van der Waals surface area contributed by atoms with E-state index in [1.165, 1.54) is 0 Å². The summed E-state index contributed by atoms with van der Waals surface area (Å²) in [5.74, 6) is 0.287. The molecule has 1 N–H and O–H groups in total. The van der Waals surface area contributed by atoms with E-state index >= 15 is 0 Å². The second kappa shape index (κ2) is 2.85. The second-order valence-electron chi connectivity index (χ2n) is 4.16. The summed E-state index contributed by atoms with van der Waals surface area (Å²) in [5.41, 5.74) is -0.638. The molecule has 5 nitrogen and oxygen atoms in total.